The number of pyridine rings is 1. The maximum Gasteiger partial charge on any atom is 0.338 e. The number of halogens is 2. The monoisotopic (exact) mass is 279 g/mol. The Kier molecular flexibility index (Phi) is 3.81. The van der Waals surface area contributed by atoms with Crippen molar-refractivity contribution >= 4 is 17.6 Å². The lowest BCUT2D eigenvalue weighted by atomic mass is 10.0. The number of aromatic nitrogens is 1. The fourth-order valence-corrected chi connectivity index (χ4v) is 1.90. The Balaban J connectivity index is 2.57. The van der Waals surface area contributed by atoms with Crippen LogP contribution in [0.25, 0.3) is 11.1 Å². The third-order valence-corrected chi connectivity index (χ3v) is 2.97. The Morgan fingerprint density at radius 3 is 2.79 bits per heavy atom. The number of carbonyl (C=O) groups excluding carboxylic acids is 1. The summed E-state index contributed by atoms with van der Waals surface area (Å²) in [7, 11) is 1.30. The van der Waals surface area contributed by atoms with E-state index in [1.54, 1.807) is 25.1 Å². The molecule has 1 aromatic heterocycles. The van der Waals surface area contributed by atoms with Crippen molar-refractivity contribution in [3.8, 4) is 11.1 Å². The predicted octanol–water partition coefficient (Wildman–Crippen LogP) is 3.64. The van der Waals surface area contributed by atoms with E-state index >= 15 is 0 Å². The van der Waals surface area contributed by atoms with E-state index in [0.29, 0.717) is 16.1 Å². The molecule has 0 saturated heterocycles. The number of rotatable bonds is 2. The highest BCUT2D eigenvalue weighted by atomic mass is 35.5. The van der Waals surface area contributed by atoms with Gasteiger partial charge in [0.15, 0.2) is 0 Å². The molecule has 0 atom stereocenters. The second-order valence-electron chi connectivity index (χ2n) is 4.01. The molecule has 0 aliphatic carbocycles. The first-order chi connectivity index (χ1) is 9.02. The van der Waals surface area contributed by atoms with Gasteiger partial charge in [0.25, 0.3) is 0 Å². The number of methoxy groups -OCH3 is 1. The Morgan fingerprint density at radius 2 is 2.11 bits per heavy atom. The number of nitrogens with zero attached hydrogens (tertiary/aromatic N) is 1. The van der Waals surface area contributed by atoms with Gasteiger partial charge < -0.3 is 4.74 Å². The van der Waals surface area contributed by atoms with E-state index in [1.807, 2.05) is 0 Å². The zero-order valence-corrected chi connectivity index (χ0v) is 11.2. The van der Waals surface area contributed by atoms with Crippen molar-refractivity contribution < 1.29 is 13.9 Å². The van der Waals surface area contributed by atoms with Crippen LogP contribution in [0.1, 0.15) is 15.9 Å². The number of benzene rings is 1. The summed E-state index contributed by atoms with van der Waals surface area (Å²) in [5, 5.41) is 0.330. The van der Waals surface area contributed by atoms with Gasteiger partial charge in [0.2, 0.25) is 5.95 Å². The van der Waals surface area contributed by atoms with Crippen molar-refractivity contribution in [1.29, 1.82) is 0 Å². The van der Waals surface area contributed by atoms with Gasteiger partial charge in [-0.2, -0.15) is 4.39 Å². The van der Waals surface area contributed by atoms with E-state index in [2.05, 4.69) is 9.72 Å². The van der Waals surface area contributed by atoms with Gasteiger partial charge in [-0.05, 0) is 30.2 Å². The molecule has 0 spiro atoms. The van der Waals surface area contributed by atoms with Crippen LogP contribution in [0.15, 0.2) is 30.5 Å². The summed E-state index contributed by atoms with van der Waals surface area (Å²) in [6, 6.07) is 6.47. The lowest BCUT2D eigenvalue weighted by Gasteiger charge is -2.08. The maximum absolute atomic E-state index is 13.7. The van der Waals surface area contributed by atoms with Gasteiger partial charge in [-0.3, -0.25) is 0 Å². The first-order valence-electron chi connectivity index (χ1n) is 5.53. The molecular formula is C14H11ClFNO2. The van der Waals surface area contributed by atoms with Crippen LogP contribution in [-0.2, 0) is 4.74 Å². The molecule has 98 valence electrons. The van der Waals surface area contributed by atoms with Crippen molar-refractivity contribution in [2.24, 2.45) is 0 Å². The molecule has 2 rings (SSSR count). The number of esters is 1. The number of hydrogen-bond acceptors (Lipinski definition) is 3. The van der Waals surface area contributed by atoms with E-state index in [4.69, 9.17) is 11.6 Å². The Hall–Kier alpha value is -1.94. The van der Waals surface area contributed by atoms with E-state index < -0.39 is 11.9 Å². The van der Waals surface area contributed by atoms with E-state index in [-0.39, 0.29) is 5.56 Å². The lowest BCUT2D eigenvalue weighted by molar-refractivity contribution is 0.0600. The number of hydrogen-bond donors (Lipinski definition) is 0. The van der Waals surface area contributed by atoms with Gasteiger partial charge in [0.05, 0.1) is 17.7 Å². The quantitative estimate of drug-likeness (QED) is 0.622. The maximum atomic E-state index is 13.7. The molecule has 19 heavy (non-hydrogen) atoms. The average Bonchev–Trinajstić information content (AvgIpc) is 2.41. The summed E-state index contributed by atoms with van der Waals surface area (Å²) < 4.78 is 18.4. The van der Waals surface area contributed by atoms with Gasteiger partial charge in [-0.15, -0.1) is 0 Å². The van der Waals surface area contributed by atoms with Crippen LogP contribution in [0.4, 0.5) is 4.39 Å². The largest absolute Gasteiger partial charge is 0.465 e. The summed E-state index contributed by atoms with van der Waals surface area (Å²) in [6.07, 6.45) is 1.23. The smallest absolute Gasteiger partial charge is 0.338 e. The number of carbonyl (C=O) groups is 1. The molecule has 0 unspecified atom stereocenters. The van der Waals surface area contributed by atoms with Gasteiger partial charge in [-0.25, -0.2) is 9.78 Å². The van der Waals surface area contributed by atoms with Crippen molar-refractivity contribution in [1.82, 2.24) is 4.98 Å². The molecule has 0 radical (unpaired) electrons. The van der Waals surface area contributed by atoms with Crippen LogP contribution in [0.2, 0.25) is 5.02 Å². The van der Waals surface area contributed by atoms with Crippen LogP contribution in [-0.4, -0.2) is 18.1 Å². The minimum absolute atomic E-state index is 0.248. The predicted molar refractivity (Wildman–Crippen MR) is 70.7 cm³/mol. The van der Waals surface area contributed by atoms with Gasteiger partial charge in [0, 0.05) is 11.8 Å². The highest BCUT2D eigenvalue weighted by Gasteiger charge is 2.13. The van der Waals surface area contributed by atoms with Gasteiger partial charge in [0.1, 0.15) is 0 Å². The summed E-state index contributed by atoms with van der Waals surface area (Å²) in [6.45, 7) is 1.78. The topological polar surface area (TPSA) is 39.2 Å². The summed E-state index contributed by atoms with van der Waals surface area (Å²) in [4.78, 5) is 15.2. The third-order valence-electron chi connectivity index (χ3n) is 2.76. The Morgan fingerprint density at radius 1 is 1.37 bits per heavy atom. The van der Waals surface area contributed by atoms with Crippen molar-refractivity contribution in [2.45, 2.75) is 6.92 Å². The standard InChI is InChI=1S/C14H11ClFNO2/c1-8-3-4-9(5-11(8)14(18)19-2)12-6-10(15)7-17-13(12)16/h3-7H,1-2H3. The molecule has 2 aromatic rings. The Bertz CT molecular complexity index is 643. The molecule has 0 amide bonds. The molecule has 3 nitrogen and oxygen atoms in total. The SMILES string of the molecule is COC(=O)c1cc(-c2cc(Cl)cnc2F)ccc1C. The number of aryl methyl sites for hydroxylation is 1. The van der Waals surface area contributed by atoms with Crippen molar-refractivity contribution in [3.05, 3.63) is 52.6 Å². The van der Waals surface area contributed by atoms with E-state index in [0.717, 1.165) is 5.56 Å². The zero-order valence-electron chi connectivity index (χ0n) is 10.4. The van der Waals surface area contributed by atoms with Crippen LogP contribution in [0.3, 0.4) is 0 Å². The molecule has 0 aliphatic heterocycles. The second-order valence-corrected chi connectivity index (χ2v) is 4.45. The highest BCUT2D eigenvalue weighted by Crippen LogP contribution is 2.26. The van der Waals surface area contributed by atoms with Crippen LogP contribution < -0.4 is 0 Å². The first kappa shape index (κ1) is 13.5. The molecule has 0 fully saturated rings. The van der Waals surface area contributed by atoms with Crippen LogP contribution >= 0.6 is 11.6 Å². The zero-order chi connectivity index (χ0) is 14.0. The summed E-state index contributed by atoms with van der Waals surface area (Å²) >= 11 is 5.81. The molecule has 0 aliphatic rings. The van der Waals surface area contributed by atoms with Crippen LogP contribution in [0, 0.1) is 12.9 Å². The molecule has 1 heterocycles. The lowest BCUT2D eigenvalue weighted by Crippen LogP contribution is -2.04. The van der Waals surface area contributed by atoms with E-state index in [1.165, 1.54) is 19.4 Å². The molecule has 1 aromatic carbocycles. The van der Waals surface area contributed by atoms with Crippen molar-refractivity contribution in [3.63, 3.8) is 0 Å². The summed E-state index contributed by atoms with van der Waals surface area (Å²) in [5.74, 6) is -1.10. The van der Waals surface area contributed by atoms with Crippen LogP contribution in [0.5, 0.6) is 0 Å². The van der Waals surface area contributed by atoms with E-state index in [9.17, 15) is 9.18 Å². The number of ether oxygens (including phenoxy) is 1. The molecule has 0 bridgehead atoms. The fraction of sp³-hybridized carbons (Fsp3) is 0.143. The van der Waals surface area contributed by atoms with Crippen molar-refractivity contribution in [2.75, 3.05) is 7.11 Å². The van der Waals surface area contributed by atoms with Gasteiger partial charge in [-0.1, -0.05) is 23.7 Å². The van der Waals surface area contributed by atoms with Gasteiger partial charge >= 0.3 is 5.97 Å². The normalized spacial score (nSPS) is 10.3. The molecule has 0 saturated carbocycles. The fourth-order valence-electron chi connectivity index (χ4n) is 1.74. The third kappa shape index (κ3) is 2.74. The Labute approximate surface area is 115 Å². The average molecular weight is 280 g/mol. The first-order valence-corrected chi connectivity index (χ1v) is 5.91. The second kappa shape index (κ2) is 5.36. The molecule has 0 N–H and O–H groups in total. The highest BCUT2D eigenvalue weighted by molar-refractivity contribution is 6.30. The minimum atomic E-state index is -0.635. The molecule has 5 heteroatoms. The molecular weight excluding hydrogens is 269 g/mol. The summed E-state index contributed by atoms with van der Waals surface area (Å²) in [5.41, 5.74) is 1.92. The minimum Gasteiger partial charge on any atom is -0.465 e.